The third-order valence-electron chi connectivity index (χ3n) is 3.07. The maximum atomic E-state index is 13.2. The number of carbonyl (C=O) groups is 1. The molecule has 0 aromatic heterocycles. The lowest BCUT2D eigenvalue weighted by molar-refractivity contribution is -0.117. The van der Waals surface area contributed by atoms with Crippen molar-refractivity contribution in [2.24, 2.45) is 5.92 Å². The fourth-order valence-corrected chi connectivity index (χ4v) is 3.63. The summed E-state index contributed by atoms with van der Waals surface area (Å²) in [5, 5.41) is 0. The molecule has 0 bridgehead atoms. The van der Waals surface area contributed by atoms with E-state index in [9.17, 15) is 26.4 Å². The third kappa shape index (κ3) is 4.26. The van der Waals surface area contributed by atoms with Gasteiger partial charge >= 0.3 is 6.61 Å². The molecule has 1 unspecified atom stereocenters. The van der Waals surface area contributed by atoms with E-state index in [1.165, 1.54) is 0 Å². The van der Waals surface area contributed by atoms with E-state index in [1.54, 1.807) is 0 Å². The van der Waals surface area contributed by atoms with Crippen LogP contribution in [0.4, 0.5) is 18.9 Å². The lowest BCUT2D eigenvalue weighted by Gasteiger charge is -2.20. The molecule has 1 aromatic rings. The number of amides is 1. The first-order valence-electron chi connectivity index (χ1n) is 6.13. The molecule has 0 radical (unpaired) electrons. The smallest absolute Gasteiger partial charge is 0.387 e. The maximum absolute atomic E-state index is 13.2. The molecule has 0 N–H and O–H groups in total. The summed E-state index contributed by atoms with van der Waals surface area (Å²) in [5.74, 6) is -2.75. The first-order chi connectivity index (χ1) is 10.2. The van der Waals surface area contributed by atoms with Crippen molar-refractivity contribution in [2.45, 2.75) is 13.0 Å². The van der Waals surface area contributed by atoms with Gasteiger partial charge in [0.15, 0.2) is 5.75 Å². The fraction of sp³-hybridized carbons (Fsp3) is 0.417. The van der Waals surface area contributed by atoms with Gasteiger partial charge in [0.25, 0.3) is 0 Å². The van der Waals surface area contributed by atoms with Gasteiger partial charge in [-0.2, -0.15) is 8.78 Å². The predicted octanol–water partition coefficient (Wildman–Crippen LogP) is 2.35. The Morgan fingerprint density at radius 2 is 2.09 bits per heavy atom. The lowest BCUT2D eigenvalue weighted by atomic mass is 10.1. The van der Waals surface area contributed by atoms with Crippen molar-refractivity contribution < 1.29 is 31.1 Å². The summed E-state index contributed by atoms with van der Waals surface area (Å²) < 4.78 is 64.2. The van der Waals surface area contributed by atoms with Gasteiger partial charge in [0.2, 0.25) is 15.0 Å². The molecule has 2 rings (SSSR count). The molecule has 122 valence electrons. The van der Waals surface area contributed by atoms with Gasteiger partial charge in [-0.1, -0.05) is 0 Å². The molecule has 1 atom stereocenters. The van der Waals surface area contributed by atoms with Crippen molar-refractivity contribution in [3.63, 3.8) is 0 Å². The summed E-state index contributed by atoms with van der Waals surface area (Å²) in [5.41, 5.74) is -0.0406. The molecule has 1 saturated heterocycles. The van der Waals surface area contributed by atoms with Crippen molar-refractivity contribution in [3.8, 4) is 5.75 Å². The summed E-state index contributed by atoms with van der Waals surface area (Å²) in [6.45, 7) is -3.21. The molecular formula is C12H11ClF3NO4S. The summed E-state index contributed by atoms with van der Waals surface area (Å²) in [6.07, 6.45) is -0.0998. The second kappa shape index (κ2) is 6.33. The molecule has 0 aliphatic carbocycles. The number of ether oxygens (including phenoxy) is 1. The number of nitrogens with zero attached hydrogens (tertiary/aromatic N) is 1. The molecular weight excluding hydrogens is 347 g/mol. The van der Waals surface area contributed by atoms with Crippen molar-refractivity contribution in [2.75, 3.05) is 17.2 Å². The highest BCUT2D eigenvalue weighted by molar-refractivity contribution is 8.13. The molecule has 22 heavy (non-hydrogen) atoms. The van der Waals surface area contributed by atoms with E-state index in [4.69, 9.17) is 10.7 Å². The SMILES string of the molecule is O=C1CC(CS(=O)(=O)Cl)CN1c1ccc(F)cc1OC(F)F. The van der Waals surface area contributed by atoms with Crippen LogP contribution in [0.2, 0.25) is 0 Å². The van der Waals surface area contributed by atoms with Crippen LogP contribution in [0.1, 0.15) is 6.42 Å². The summed E-state index contributed by atoms with van der Waals surface area (Å²) in [6, 6.07) is 2.86. The number of anilines is 1. The Bertz CT molecular complexity index is 683. The van der Waals surface area contributed by atoms with Gasteiger partial charge in [0.1, 0.15) is 5.82 Å². The minimum Gasteiger partial charge on any atom is -0.432 e. The van der Waals surface area contributed by atoms with Gasteiger partial charge in [0, 0.05) is 35.6 Å². The Hall–Kier alpha value is -1.48. The number of hydrogen-bond acceptors (Lipinski definition) is 4. The maximum Gasteiger partial charge on any atom is 0.387 e. The third-order valence-corrected chi connectivity index (χ3v) is 4.32. The Morgan fingerprint density at radius 1 is 1.41 bits per heavy atom. The Balaban J connectivity index is 2.26. The molecule has 1 fully saturated rings. The highest BCUT2D eigenvalue weighted by Gasteiger charge is 2.34. The van der Waals surface area contributed by atoms with E-state index < -0.39 is 44.8 Å². The first-order valence-corrected chi connectivity index (χ1v) is 8.60. The summed E-state index contributed by atoms with van der Waals surface area (Å²) in [7, 11) is 1.35. The minimum atomic E-state index is -3.79. The van der Waals surface area contributed by atoms with Crippen LogP contribution in [0.3, 0.4) is 0 Å². The monoisotopic (exact) mass is 357 g/mol. The standard InChI is InChI=1S/C12H11ClF3NO4S/c13-22(19,20)6-7-3-11(18)17(5-7)9-2-1-8(14)4-10(9)21-12(15)16/h1-2,4,7,12H,3,5-6H2. The van der Waals surface area contributed by atoms with E-state index >= 15 is 0 Å². The molecule has 10 heteroatoms. The average Bonchev–Trinajstić information content (AvgIpc) is 2.67. The number of halogens is 4. The zero-order valence-electron chi connectivity index (χ0n) is 11.0. The second-order valence-electron chi connectivity index (χ2n) is 4.77. The van der Waals surface area contributed by atoms with Gasteiger partial charge in [-0.15, -0.1) is 0 Å². The van der Waals surface area contributed by atoms with E-state index in [2.05, 4.69) is 4.74 Å². The number of carbonyl (C=O) groups excluding carboxylic acids is 1. The summed E-state index contributed by atoms with van der Waals surface area (Å²) in [4.78, 5) is 13.0. The predicted molar refractivity (Wildman–Crippen MR) is 73.1 cm³/mol. The summed E-state index contributed by atoms with van der Waals surface area (Å²) >= 11 is 0. The van der Waals surface area contributed by atoms with Crippen LogP contribution >= 0.6 is 10.7 Å². The highest BCUT2D eigenvalue weighted by Crippen LogP contribution is 2.35. The molecule has 1 amide bonds. The number of benzene rings is 1. The number of hydrogen-bond donors (Lipinski definition) is 0. The quantitative estimate of drug-likeness (QED) is 0.759. The lowest BCUT2D eigenvalue weighted by Crippen LogP contribution is -2.26. The van der Waals surface area contributed by atoms with Gasteiger partial charge in [-0.05, 0) is 12.1 Å². The molecule has 1 aromatic carbocycles. The Morgan fingerprint density at radius 3 is 2.68 bits per heavy atom. The fourth-order valence-electron chi connectivity index (χ4n) is 2.31. The largest absolute Gasteiger partial charge is 0.432 e. The Kier molecular flexibility index (Phi) is 4.86. The van der Waals surface area contributed by atoms with Crippen LogP contribution in [0.15, 0.2) is 18.2 Å². The van der Waals surface area contributed by atoms with Crippen molar-refractivity contribution in [1.82, 2.24) is 0 Å². The minimum absolute atomic E-state index is 0.0317. The van der Waals surface area contributed by atoms with Crippen molar-refractivity contribution in [1.29, 1.82) is 0 Å². The van der Waals surface area contributed by atoms with Gasteiger partial charge in [-0.25, -0.2) is 12.8 Å². The first kappa shape index (κ1) is 16.9. The molecule has 1 heterocycles. The molecule has 1 aliphatic rings. The van der Waals surface area contributed by atoms with E-state index in [1.807, 2.05) is 0 Å². The van der Waals surface area contributed by atoms with E-state index in [0.29, 0.717) is 0 Å². The zero-order chi connectivity index (χ0) is 16.5. The molecule has 5 nitrogen and oxygen atoms in total. The Labute approximate surface area is 129 Å². The van der Waals surface area contributed by atoms with E-state index in [-0.39, 0.29) is 18.7 Å². The van der Waals surface area contributed by atoms with Crippen LogP contribution in [-0.4, -0.2) is 33.2 Å². The van der Waals surface area contributed by atoms with Crippen LogP contribution in [-0.2, 0) is 13.8 Å². The van der Waals surface area contributed by atoms with Crippen molar-refractivity contribution >= 4 is 31.3 Å². The normalized spacial score (nSPS) is 19.0. The van der Waals surface area contributed by atoms with Crippen LogP contribution in [0.5, 0.6) is 5.75 Å². The molecule has 0 spiro atoms. The van der Waals surface area contributed by atoms with E-state index in [0.717, 1.165) is 23.1 Å². The second-order valence-corrected chi connectivity index (χ2v) is 7.59. The highest BCUT2D eigenvalue weighted by atomic mass is 35.7. The van der Waals surface area contributed by atoms with Crippen LogP contribution in [0.25, 0.3) is 0 Å². The number of alkyl halides is 2. The van der Waals surface area contributed by atoms with Gasteiger partial charge < -0.3 is 9.64 Å². The average molecular weight is 358 g/mol. The molecule has 0 saturated carbocycles. The van der Waals surface area contributed by atoms with Crippen LogP contribution < -0.4 is 9.64 Å². The van der Waals surface area contributed by atoms with Gasteiger partial charge in [-0.3, -0.25) is 4.79 Å². The van der Waals surface area contributed by atoms with Crippen LogP contribution in [0, 0.1) is 11.7 Å². The van der Waals surface area contributed by atoms with Crippen molar-refractivity contribution in [3.05, 3.63) is 24.0 Å². The zero-order valence-corrected chi connectivity index (χ0v) is 12.6. The number of rotatable bonds is 5. The van der Waals surface area contributed by atoms with Gasteiger partial charge in [0.05, 0.1) is 11.4 Å². The molecule has 1 aliphatic heterocycles. The topological polar surface area (TPSA) is 63.7 Å².